The van der Waals surface area contributed by atoms with Gasteiger partial charge in [-0.2, -0.15) is 0 Å². The van der Waals surface area contributed by atoms with Crippen molar-refractivity contribution < 1.29 is 8.83 Å². The van der Waals surface area contributed by atoms with E-state index in [2.05, 4.69) is 84.9 Å². The zero-order valence-electron chi connectivity index (χ0n) is 31.1. The number of amidine groups is 2. The highest BCUT2D eigenvalue weighted by molar-refractivity contribution is 6.22. The first-order valence-electron chi connectivity index (χ1n) is 19.2. The van der Waals surface area contributed by atoms with E-state index < -0.39 is 0 Å². The molecule has 6 nitrogen and oxygen atoms in total. The highest BCUT2D eigenvalue weighted by Gasteiger charge is 2.19. The molecule has 0 aliphatic heterocycles. The number of aromatic nitrogens is 1. The van der Waals surface area contributed by atoms with E-state index in [0.717, 1.165) is 87.8 Å². The predicted octanol–water partition coefficient (Wildman–Crippen LogP) is 13.4. The molecule has 1 N–H and O–H groups in total. The van der Waals surface area contributed by atoms with Gasteiger partial charge < -0.3 is 8.83 Å². The van der Waals surface area contributed by atoms with Gasteiger partial charge in [-0.05, 0) is 51.0 Å². The summed E-state index contributed by atoms with van der Waals surface area (Å²) >= 11 is 0. The fourth-order valence-electron chi connectivity index (χ4n) is 8.14. The Morgan fingerprint density at radius 2 is 1.10 bits per heavy atom. The van der Waals surface area contributed by atoms with Gasteiger partial charge in [-0.1, -0.05) is 164 Å². The largest absolute Gasteiger partial charge is 0.455 e. The number of benzene rings is 8. The van der Waals surface area contributed by atoms with Crippen LogP contribution >= 0.6 is 0 Å². The molecule has 0 spiro atoms. The number of rotatable bonds is 5. The van der Waals surface area contributed by atoms with Gasteiger partial charge in [-0.3, -0.25) is 5.41 Å². The van der Waals surface area contributed by atoms with Crippen LogP contribution in [0.1, 0.15) is 16.7 Å². The number of aliphatic imine (C=N–C) groups is 2. The van der Waals surface area contributed by atoms with Crippen molar-refractivity contribution in [2.24, 2.45) is 9.98 Å². The number of hydrogen-bond donors (Lipinski definition) is 1. The summed E-state index contributed by atoms with van der Waals surface area (Å²) in [5.74, 6) is 0.491. The van der Waals surface area contributed by atoms with Crippen LogP contribution in [0.5, 0.6) is 0 Å². The normalized spacial score (nSPS) is 12.2. The summed E-state index contributed by atoms with van der Waals surface area (Å²) in [6.45, 7) is 0. The van der Waals surface area contributed by atoms with Crippen LogP contribution in [0.15, 0.2) is 201 Å². The highest BCUT2D eigenvalue weighted by atomic mass is 16.3. The lowest BCUT2D eigenvalue weighted by atomic mass is 9.91. The SMILES string of the molecule is N=C(N=C(N=Cc1ccccc1)c1cccc2c1oc1ccccc12)c1ccc(-c2ccc(-c3nc4oc5ccccc5c4c4ccccc34)c3ccccc23)cc1. The van der Waals surface area contributed by atoms with Gasteiger partial charge in [0.05, 0.1) is 16.6 Å². The molecule has 3 heterocycles. The Balaban J connectivity index is 0.982. The summed E-state index contributed by atoms with van der Waals surface area (Å²) in [5.41, 5.74) is 9.29. The van der Waals surface area contributed by atoms with Crippen LogP contribution < -0.4 is 0 Å². The minimum Gasteiger partial charge on any atom is -0.455 e. The van der Waals surface area contributed by atoms with Crippen LogP contribution in [0.3, 0.4) is 0 Å². The summed E-state index contributed by atoms with van der Waals surface area (Å²) in [5, 5.41) is 17.7. The molecule has 0 aliphatic carbocycles. The Kier molecular flexibility index (Phi) is 7.86. The third-order valence-corrected chi connectivity index (χ3v) is 10.9. The molecule has 272 valence electrons. The third kappa shape index (κ3) is 5.58. The molecular formula is C52H32N4O2. The van der Waals surface area contributed by atoms with E-state index in [9.17, 15) is 5.41 Å². The number of para-hydroxylation sites is 3. The predicted molar refractivity (Wildman–Crippen MR) is 239 cm³/mol. The molecule has 0 fully saturated rings. The molecule has 3 aromatic heterocycles. The van der Waals surface area contributed by atoms with Crippen LogP contribution in [-0.4, -0.2) is 22.9 Å². The number of hydrogen-bond acceptors (Lipinski definition) is 4. The van der Waals surface area contributed by atoms with E-state index in [-0.39, 0.29) is 5.84 Å². The van der Waals surface area contributed by atoms with Gasteiger partial charge in [0.15, 0.2) is 11.7 Å². The first kappa shape index (κ1) is 33.4. The van der Waals surface area contributed by atoms with Crippen LogP contribution in [0.25, 0.3) is 87.9 Å². The topological polar surface area (TPSA) is 87.7 Å². The van der Waals surface area contributed by atoms with Gasteiger partial charge in [0.1, 0.15) is 16.7 Å². The van der Waals surface area contributed by atoms with Crippen LogP contribution in [-0.2, 0) is 0 Å². The van der Waals surface area contributed by atoms with Gasteiger partial charge in [-0.15, -0.1) is 0 Å². The maximum Gasteiger partial charge on any atom is 0.228 e. The van der Waals surface area contributed by atoms with Gasteiger partial charge in [-0.25, -0.2) is 15.0 Å². The van der Waals surface area contributed by atoms with Gasteiger partial charge in [0.2, 0.25) is 5.71 Å². The van der Waals surface area contributed by atoms with Crippen molar-refractivity contribution in [1.29, 1.82) is 5.41 Å². The average molecular weight is 745 g/mol. The zero-order chi connectivity index (χ0) is 38.6. The molecule has 58 heavy (non-hydrogen) atoms. The second-order valence-corrected chi connectivity index (χ2v) is 14.3. The van der Waals surface area contributed by atoms with Gasteiger partial charge in [0, 0.05) is 38.9 Å². The molecule has 0 unspecified atom stereocenters. The first-order valence-corrected chi connectivity index (χ1v) is 19.2. The first-order chi connectivity index (χ1) is 28.7. The number of fused-ring (bicyclic) bond motifs is 9. The summed E-state index contributed by atoms with van der Waals surface area (Å²) in [6, 6.07) is 61.2. The molecule has 8 aromatic carbocycles. The standard InChI is InChI=1S/C52H32N4O2/c53-50(56-51(54-31-32-13-2-1-3-14-32)44-22-12-21-42-38-17-8-10-23-45(38)57-49(42)44)34-27-25-33(26-28-34)35-29-30-41(37-16-5-4-15-36(35)37)48-40-19-7-6-18-39(40)47-43-20-9-11-24-46(43)58-52(47)55-48/h1-31,53H. The fourth-order valence-corrected chi connectivity index (χ4v) is 8.14. The highest BCUT2D eigenvalue weighted by Crippen LogP contribution is 2.41. The molecule has 0 aliphatic rings. The van der Waals surface area contributed by atoms with Crippen molar-refractivity contribution >= 4 is 83.4 Å². The number of nitrogens with zero attached hydrogens (tertiary/aromatic N) is 3. The van der Waals surface area contributed by atoms with Crippen LogP contribution in [0.4, 0.5) is 0 Å². The summed E-state index contributed by atoms with van der Waals surface area (Å²) < 4.78 is 12.7. The molecule has 0 saturated heterocycles. The lowest BCUT2D eigenvalue weighted by Crippen LogP contribution is -2.05. The maximum atomic E-state index is 9.19. The smallest absolute Gasteiger partial charge is 0.228 e. The minimum atomic E-state index is 0.0963. The quantitative estimate of drug-likeness (QED) is 0.141. The molecule has 0 amide bonds. The molecule has 11 aromatic rings. The zero-order valence-corrected chi connectivity index (χ0v) is 31.1. The number of pyridine rings is 1. The van der Waals surface area contributed by atoms with Crippen LogP contribution in [0, 0.1) is 5.41 Å². The van der Waals surface area contributed by atoms with E-state index in [1.54, 1.807) is 6.21 Å². The van der Waals surface area contributed by atoms with E-state index >= 15 is 0 Å². The second kappa shape index (κ2) is 13.7. The Bertz CT molecular complexity index is 3470. The minimum absolute atomic E-state index is 0.0963. The molecular weight excluding hydrogens is 713 g/mol. The maximum absolute atomic E-state index is 9.19. The van der Waals surface area contributed by atoms with Gasteiger partial charge in [0.25, 0.3) is 0 Å². The lowest BCUT2D eigenvalue weighted by molar-refractivity contribution is 0.655. The van der Waals surface area contributed by atoms with Crippen molar-refractivity contribution in [3.8, 4) is 22.4 Å². The van der Waals surface area contributed by atoms with E-state index in [1.165, 1.54) is 0 Å². The molecule has 6 heteroatoms. The van der Waals surface area contributed by atoms with E-state index in [0.29, 0.717) is 22.7 Å². The van der Waals surface area contributed by atoms with Crippen molar-refractivity contribution in [3.63, 3.8) is 0 Å². The van der Waals surface area contributed by atoms with Crippen molar-refractivity contribution in [2.75, 3.05) is 0 Å². The Labute approximate surface area is 332 Å². The Hall–Kier alpha value is -7.96. The summed E-state index contributed by atoms with van der Waals surface area (Å²) in [7, 11) is 0. The second-order valence-electron chi connectivity index (χ2n) is 14.3. The number of nitrogens with one attached hydrogen (secondary N) is 1. The van der Waals surface area contributed by atoms with Crippen molar-refractivity contribution in [3.05, 3.63) is 199 Å². The number of furan rings is 2. The Morgan fingerprint density at radius 1 is 0.500 bits per heavy atom. The van der Waals surface area contributed by atoms with E-state index in [4.69, 9.17) is 23.8 Å². The lowest BCUT2D eigenvalue weighted by Gasteiger charge is -2.14. The molecule has 0 radical (unpaired) electrons. The molecule has 11 rings (SSSR count). The third-order valence-electron chi connectivity index (χ3n) is 10.9. The summed E-state index contributed by atoms with van der Waals surface area (Å²) in [6.07, 6.45) is 1.78. The van der Waals surface area contributed by atoms with Crippen molar-refractivity contribution in [1.82, 2.24) is 4.98 Å². The summed E-state index contributed by atoms with van der Waals surface area (Å²) in [4.78, 5) is 14.9. The molecule has 0 bridgehead atoms. The Morgan fingerprint density at radius 3 is 1.88 bits per heavy atom. The van der Waals surface area contributed by atoms with Gasteiger partial charge >= 0.3 is 0 Å². The average Bonchev–Trinajstić information content (AvgIpc) is 3.86. The van der Waals surface area contributed by atoms with E-state index in [1.807, 2.05) is 97.1 Å². The molecule has 0 saturated carbocycles. The van der Waals surface area contributed by atoms with Crippen molar-refractivity contribution in [2.45, 2.75) is 0 Å². The molecule has 0 atom stereocenters. The fraction of sp³-hybridized carbons (Fsp3) is 0. The monoisotopic (exact) mass is 744 g/mol. The van der Waals surface area contributed by atoms with Crippen LogP contribution in [0.2, 0.25) is 0 Å².